The molecule has 2 rings (SSSR count). The molecule has 1 nitrogen and oxygen atoms in total. The van der Waals surface area contributed by atoms with Crippen molar-refractivity contribution in [2.45, 2.75) is 0 Å². The van der Waals surface area contributed by atoms with Gasteiger partial charge in [0.05, 0.1) is 12.7 Å². The van der Waals surface area contributed by atoms with Gasteiger partial charge in [-0.1, -0.05) is 41.8 Å². The van der Waals surface area contributed by atoms with Crippen LogP contribution in [0.25, 0.3) is 11.1 Å². The van der Waals surface area contributed by atoms with Gasteiger partial charge in [0.2, 0.25) is 0 Å². The van der Waals surface area contributed by atoms with Crippen LogP contribution in [0.15, 0.2) is 42.5 Å². The number of rotatable bonds is 2. The van der Waals surface area contributed by atoms with E-state index in [0.717, 1.165) is 16.7 Å². The van der Waals surface area contributed by atoms with Crippen LogP contribution in [-0.2, 0) is 0 Å². The summed E-state index contributed by atoms with van der Waals surface area (Å²) in [4.78, 5) is 0. The molecule has 84 valence electrons. The predicted octanol–water partition coefficient (Wildman–Crippen LogP) is 4.00. The minimum Gasteiger partial charge on any atom is -0.495 e. The molecule has 0 heterocycles. The first kappa shape index (κ1) is 11.6. The van der Waals surface area contributed by atoms with Crippen LogP contribution in [0.2, 0.25) is 5.02 Å². The Hall–Kier alpha value is -1.91. The monoisotopic (exact) mass is 242 g/mol. The maximum absolute atomic E-state index is 6.15. The van der Waals surface area contributed by atoms with Gasteiger partial charge < -0.3 is 4.74 Å². The van der Waals surface area contributed by atoms with Gasteiger partial charge in [0.25, 0.3) is 0 Å². The van der Waals surface area contributed by atoms with E-state index in [0.29, 0.717) is 10.8 Å². The number of methoxy groups -OCH3 is 1. The van der Waals surface area contributed by atoms with Crippen molar-refractivity contribution in [1.29, 1.82) is 0 Å². The summed E-state index contributed by atoms with van der Waals surface area (Å²) in [7, 11) is 1.60. The first-order valence-electron chi connectivity index (χ1n) is 5.16. The Balaban J connectivity index is 2.55. The highest BCUT2D eigenvalue weighted by Crippen LogP contribution is 2.30. The fourth-order valence-corrected chi connectivity index (χ4v) is 1.93. The SMILES string of the molecule is C#Cc1cc(-c2ccccc2Cl)ccc1OC. The summed E-state index contributed by atoms with van der Waals surface area (Å²) in [5, 5.41) is 0.709. The van der Waals surface area contributed by atoms with Crippen molar-refractivity contribution >= 4 is 11.6 Å². The zero-order valence-corrected chi connectivity index (χ0v) is 10.2. The van der Waals surface area contributed by atoms with E-state index in [1.165, 1.54) is 0 Å². The van der Waals surface area contributed by atoms with Crippen LogP contribution in [0.3, 0.4) is 0 Å². The number of benzene rings is 2. The lowest BCUT2D eigenvalue weighted by atomic mass is 10.0. The molecule has 0 N–H and O–H groups in total. The lowest BCUT2D eigenvalue weighted by Gasteiger charge is -2.08. The standard InChI is InChI=1S/C15H11ClO/c1-3-11-10-12(8-9-15(11)17-2)13-6-4-5-7-14(13)16/h1,4-10H,2H3. The van der Waals surface area contributed by atoms with E-state index in [1.54, 1.807) is 7.11 Å². The second kappa shape index (κ2) is 4.95. The number of ether oxygens (including phenoxy) is 1. The summed E-state index contributed by atoms with van der Waals surface area (Å²) in [6, 6.07) is 13.4. The molecule has 0 radical (unpaired) electrons. The van der Waals surface area contributed by atoms with Crippen molar-refractivity contribution in [3.63, 3.8) is 0 Å². The average molecular weight is 243 g/mol. The molecule has 0 bridgehead atoms. The smallest absolute Gasteiger partial charge is 0.134 e. The van der Waals surface area contributed by atoms with Crippen molar-refractivity contribution < 1.29 is 4.74 Å². The summed E-state index contributed by atoms with van der Waals surface area (Å²) in [6.07, 6.45) is 5.45. The highest BCUT2D eigenvalue weighted by atomic mass is 35.5. The van der Waals surface area contributed by atoms with Crippen LogP contribution in [0.4, 0.5) is 0 Å². The zero-order chi connectivity index (χ0) is 12.3. The van der Waals surface area contributed by atoms with Crippen molar-refractivity contribution in [2.24, 2.45) is 0 Å². The topological polar surface area (TPSA) is 9.23 Å². The number of hydrogen-bond acceptors (Lipinski definition) is 1. The molecule has 2 aromatic carbocycles. The minimum atomic E-state index is 0.698. The Labute approximate surface area is 106 Å². The molecule has 0 aliphatic rings. The summed E-state index contributed by atoms with van der Waals surface area (Å²) >= 11 is 6.15. The second-order valence-corrected chi connectivity index (χ2v) is 3.95. The van der Waals surface area contributed by atoms with Crippen LogP contribution in [0.1, 0.15) is 5.56 Å². The van der Waals surface area contributed by atoms with Crippen molar-refractivity contribution in [3.05, 3.63) is 53.1 Å². The molecule has 0 aromatic heterocycles. The largest absolute Gasteiger partial charge is 0.495 e. The van der Waals surface area contributed by atoms with E-state index in [2.05, 4.69) is 5.92 Å². The van der Waals surface area contributed by atoms with Gasteiger partial charge in [-0.2, -0.15) is 0 Å². The molecular formula is C15H11ClO. The van der Waals surface area contributed by atoms with Gasteiger partial charge in [0, 0.05) is 10.6 Å². The van der Waals surface area contributed by atoms with Gasteiger partial charge in [-0.25, -0.2) is 0 Å². The maximum atomic E-state index is 6.15. The van der Waals surface area contributed by atoms with Crippen LogP contribution in [-0.4, -0.2) is 7.11 Å². The second-order valence-electron chi connectivity index (χ2n) is 3.54. The lowest BCUT2D eigenvalue weighted by molar-refractivity contribution is 0.413. The Morgan fingerprint density at radius 3 is 2.59 bits per heavy atom. The zero-order valence-electron chi connectivity index (χ0n) is 9.41. The molecule has 0 atom stereocenters. The summed E-state index contributed by atoms with van der Waals surface area (Å²) < 4.78 is 5.18. The maximum Gasteiger partial charge on any atom is 0.134 e. The van der Waals surface area contributed by atoms with E-state index in [1.807, 2.05) is 42.5 Å². The first-order valence-corrected chi connectivity index (χ1v) is 5.53. The van der Waals surface area contributed by atoms with E-state index in [-0.39, 0.29) is 0 Å². The molecule has 2 heteroatoms. The normalized spacial score (nSPS) is 9.71. The molecule has 0 aliphatic heterocycles. The first-order chi connectivity index (χ1) is 8.26. The molecule has 0 saturated heterocycles. The highest BCUT2D eigenvalue weighted by molar-refractivity contribution is 6.33. The quantitative estimate of drug-likeness (QED) is 0.724. The summed E-state index contributed by atoms with van der Waals surface area (Å²) in [6.45, 7) is 0. The molecular weight excluding hydrogens is 232 g/mol. The van der Waals surface area contributed by atoms with Gasteiger partial charge in [-0.15, -0.1) is 6.42 Å². The summed E-state index contributed by atoms with van der Waals surface area (Å²) in [5.41, 5.74) is 2.68. The number of hydrogen-bond donors (Lipinski definition) is 0. The van der Waals surface area contributed by atoms with E-state index < -0.39 is 0 Å². The van der Waals surface area contributed by atoms with Gasteiger partial charge in [0.15, 0.2) is 0 Å². The molecule has 0 aliphatic carbocycles. The Kier molecular flexibility index (Phi) is 3.37. The van der Waals surface area contributed by atoms with Crippen LogP contribution < -0.4 is 4.74 Å². The highest BCUT2D eigenvalue weighted by Gasteiger charge is 2.06. The fraction of sp³-hybridized carbons (Fsp3) is 0.0667. The van der Waals surface area contributed by atoms with E-state index in [4.69, 9.17) is 22.8 Å². The fourth-order valence-electron chi connectivity index (χ4n) is 1.68. The van der Waals surface area contributed by atoms with Crippen molar-refractivity contribution in [2.75, 3.05) is 7.11 Å². The molecule has 0 saturated carbocycles. The van der Waals surface area contributed by atoms with Crippen molar-refractivity contribution in [3.8, 4) is 29.2 Å². The van der Waals surface area contributed by atoms with Gasteiger partial charge in [-0.05, 0) is 23.8 Å². The molecule has 0 fully saturated rings. The number of halogens is 1. The molecule has 0 spiro atoms. The van der Waals surface area contributed by atoms with Gasteiger partial charge in [-0.3, -0.25) is 0 Å². The summed E-state index contributed by atoms with van der Waals surface area (Å²) in [5.74, 6) is 3.31. The van der Waals surface area contributed by atoms with Crippen molar-refractivity contribution in [1.82, 2.24) is 0 Å². The predicted molar refractivity (Wildman–Crippen MR) is 71.4 cm³/mol. The number of terminal acetylenes is 1. The van der Waals surface area contributed by atoms with Crippen LogP contribution in [0.5, 0.6) is 5.75 Å². The third-order valence-electron chi connectivity index (χ3n) is 2.54. The van der Waals surface area contributed by atoms with Gasteiger partial charge in [0.1, 0.15) is 5.75 Å². The molecule has 0 amide bonds. The molecule has 0 unspecified atom stereocenters. The molecule has 2 aromatic rings. The van der Waals surface area contributed by atoms with E-state index >= 15 is 0 Å². The average Bonchev–Trinajstić information content (AvgIpc) is 2.38. The Morgan fingerprint density at radius 1 is 1.18 bits per heavy atom. The van der Waals surface area contributed by atoms with Crippen LogP contribution in [0, 0.1) is 12.3 Å². The minimum absolute atomic E-state index is 0.698. The van der Waals surface area contributed by atoms with Gasteiger partial charge >= 0.3 is 0 Å². The molecule has 17 heavy (non-hydrogen) atoms. The third kappa shape index (κ3) is 2.27. The lowest BCUT2D eigenvalue weighted by Crippen LogP contribution is -1.89. The van der Waals surface area contributed by atoms with E-state index in [9.17, 15) is 0 Å². The third-order valence-corrected chi connectivity index (χ3v) is 2.87. The van der Waals surface area contributed by atoms with Crippen LogP contribution >= 0.6 is 11.6 Å². The Morgan fingerprint density at radius 2 is 1.94 bits per heavy atom. The Bertz CT molecular complexity index is 582.